The molecule has 1 unspecified atom stereocenters. The summed E-state index contributed by atoms with van der Waals surface area (Å²) in [5, 5.41) is 18.2. The molecule has 0 aliphatic rings. The molecule has 6 heteroatoms. The van der Waals surface area contributed by atoms with Crippen LogP contribution in [0, 0.1) is 0 Å². The summed E-state index contributed by atoms with van der Waals surface area (Å²) < 4.78 is 11.2. The third-order valence-electron chi connectivity index (χ3n) is 3.35. The van der Waals surface area contributed by atoms with Crippen LogP contribution < -0.4 is 9.47 Å². The van der Waals surface area contributed by atoms with Gasteiger partial charge in [-0.25, -0.2) is 9.59 Å². The number of hydrogen-bond donors (Lipinski definition) is 2. The average molecular weight is 330 g/mol. The highest BCUT2D eigenvalue weighted by Gasteiger charge is 2.14. The van der Waals surface area contributed by atoms with Crippen LogP contribution in [-0.2, 0) is 0 Å². The maximum absolute atomic E-state index is 11.1. The standard InChI is InChI=1S/C18H18O6/c1-12(24-16-9-5-3-7-14(16)18(21)22)10-11-23-15-8-4-2-6-13(15)17(19)20/h2-9,12H,10-11H2,1H3,(H,19,20)(H,21,22). The van der Waals surface area contributed by atoms with Crippen LogP contribution in [0.15, 0.2) is 48.5 Å². The van der Waals surface area contributed by atoms with Crippen LogP contribution in [0.2, 0.25) is 0 Å². The van der Waals surface area contributed by atoms with Gasteiger partial charge in [-0.15, -0.1) is 0 Å². The van der Waals surface area contributed by atoms with Crippen LogP contribution in [0.1, 0.15) is 34.1 Å². The van der Waals surface area contributed by atoms with Gasteiger partial charge in [-0.3, -0.25) is 0 Å². The van der Waals surface area contributed by atoms with Crippen LogP contribution >= 0.6 is 0 Å². The van der Waals surface area contributed by atoms with Crippen molar-refractivity contribution >= 4 is 11.9 Å². The number of rotatable bonds is 8. The fraction of sp³-hybridized carbons (Fsp3) is 0.222. The van der Waals surface area contributed by atoms with Crippen molar-refractivity contribution in [3.05, 3.63) is 59.7 Å². The Hall–Kier alpha value is -3.02. The summed E-state index contributed by atoms with van der Waals surface area (Å²) in [5.41, 5.74) is 0.198. The van der Waals surface area contributed by atoms with Crippen LogP contribution in [-0.4, -0.2) is 34.9 Å². The van der Waals surface area contributed by atoms with Gasteiger partial charge in [0.15, 0.2) is 0 Å². The van der Waals surface area contributed by atoms with Gasteiger partial charge in [0.2, 0.25) is 0 Å². The number of hydrogen-bond acceptors (Lipinski definition) is 4. The second-order valence-electron chi connectivity index (χ2n) is 5.17. The number of carboxylic acid groups (broad SMARTS) is 2. The second-order valence-corrected chi connectivity index (χ2v) is 5.17. The minimum Gasteiger partial charge on any atom is -0.493 e. The van der Waals surface area contributed by atoms with Crippen molar-refractivity contribution in [3.63, 3.8) is 0 Å². The fourth-order valence-electron chi connectivity index (χ4n) is 2.13. The first kappa shape index (κ1) is 17.3. The van der Waals surface area contributed by atoms with E-state index >= 15 is 0 Å². The lowest BCUT2D eigenvalue weighted by Crippen LogP contribution is -2.17. The van der Waals surface area contributed by atoms with Crippen molar-refractivity contribution in [3.8, 4) is 11.5 Å². The Kier molecular flexibility index (Phi) is 5.78. The lowest BCUT2D eigenvalue weighted by molar-refractivity contribution is 0.0681. The van der Waals surface area contributed by atoms with Crippen LogP contribution in [0.4, 0.5) is 0 Å². The topological polar surface area (TPSA) is 93.1 Å². The predicted molar refractivity (Wildman–Crippen MR) is 87.0 cm³/mol. The van der Waals surface area contributed by atoms with E-state index in [1.807, 2.05) is 0 Å². The summed E-state index contributed by atoms with van der Waals surface area (Å²) in [6, 6.07) is 12.8. The lowest BCUT2D eigenvalue weighted by atomic mass is 10.2. The monoisotopic (exact) mass is 330 g/mol. The normalized spacial score (nSPS) is 11.5. The highest BCUT2D eigenvalue weighted by molar-refractivity contribution is 5.91. The summed E-state index contributed by atoms with van der Waals surface area (Å²) in [6.07, 6.45) is 0.185. The molecule has 0 bridgehead atoms. The Morgan fingerprint density at radius 2 is 1.42 bits per heavy atom. The Morgan fingerprint density at radius 1 is 0.917 bits per heavy atom. The second kappa shape index (κ2) is 8.01. The fourth-order valence-corrected chi connectivity index (χ4v) is 2.13. The maximum atomic E-state index is 11.1. The predicted octanol–water partition coefficient (Wildman–Crippen LogP) is 3.32. The van der Waals surface area contributed by atoms with Gasteiger partial charge in [0, 0.05) is 6.42 Å². The van der Waals surface area contributed by atoms with Gasteiger partial charge in [0.1, 0.15) is 22.6 Å². The molecular weight excluding hydrogens is 312 g/mol. The molecule has 0 heterocycles. The Bertz CT molecular complexity index is 725. The van der Waals surface area contributed by atoms with Gasteiger partial charge in [-0.2, -0.15) is 0 Å². The summed E-state index contributed by atoms with van der Waals surface area (Å²) in [7, 11) is 0. The molecule has 1 atom stereocenters. The Morgan fingerprint density at radius 3 is 2.00 bits per heavy atom. The van der Waals surface area contributed by atoms with Crippen LogP contribution in [0.3, 0.4) is 0 Å². The van der Waals surface area contributed by atoms with E-state index < -0.39 is 11.9 Å². The molecule has 0 saturated carbocycles. The highest BCUT2D eigenvalue weighted by Crippen LogP contribution is 2.21. The number of aromatic carboxylic acids is 2. The van der Waals surface area contributed by atoms with E-state index in [9.17, 15) is 9.59 Å². The lowest BCUT2D eigenvalue weighted by Gasteiger charge is -2.17. The van der Waals surface area contributed by atoms with Gasteiger partial charge in [0.25, 0.3) is 0 Å². The molecule has 0 radical (unpaired) electrons. The molecule has 2 aromatic rings. The Labute approximate surface area is 139 Å². The van der Waals surface area contributed by atoms with Gasteiger partial charge in [0.05, 0.1) is 12.7 Å². The zero-order valence-corrected chi connectivity index (χ0v) is 13.1. The first-order chi connectivity index (χ1) is 11.5. The minimum absolute atomic E-state index is 0.0986. The van der Waals surface area contributed by atoms with Crippen LogP contribution in [0.25, 0.3) is 0 Å². The van der Waals surface area contributed by atoms with Crippen LogP contribution in [0.5, 0.6) is 11.5 Å². The van der Waals surface area contributed by atoms with E-state index in [0.717, 1.165) is 0 Å². The SMILES string of the molecule is CC(CCOc1ccccc1C(=O)O)Oc1ccccc1C(=O)O. The van der Waals surface area contributed by atoms with E-state index in [1.165, 1.54) is 12.1 Å². The minimum atomic E-state index is -1.05. The molecule has 2 aromatic carbocycles. The molecule has 0 aliphatic carbocycles. The third kappa shape index (κ3) is 4.49. The largest absolute Gasteiger partial charge is 0.493 e. The van der Waals surface area contributed by atoms with Gasteiger partial charge in [-0.1, -0.05) is 24.3 Å². The summed E-state index contributed by atoms with van der Waals surface area (Å²) in [5.74, 6) is -1.51. The molecule has 6 nitrogen and oxygen atoms in total. The summed E-state index contributed by atoms with van der Waals surface area (Å²) >= 11 is 0. The van der Waals surface area contributed by atoms with Crippen molar-refractivity contribution in [2.45, 2.75) is 19.4 Å². The van der Waals surface area contributed by atoms with E-state index in [-0.39, 0.29) is 23.8 Å². The molecule has 0 aromatic heterocycles. The van der Waals surface area contributed by atoms with Crippen molar-refractivity contribution < 1.29 is 29.3 Å². The zero-order chi connectivity index (χ0) is 17.5. The average Bonchev–Trinajstić information content (AvgIpc) is 2.55. The highest BCUT2D eigenvalue weighted by atomic mass is 16.5. The van der Waals surface area contributed by atoms with E-state index in [1.54, 1.807) is 43.3 Å². The summed E-state index contributed by atoms with van der Waals surface area (Å²) in [6.45, 7) is 2.05. The molecule has 0 amide bonds. The first-order valence-corrected chi connectivity index (χ1v) is 7.43. The number of benzene rings is 2. The Balaban J connectivity index is 1.92. The number of carbonyl (C=O) groups is 2. The maximum Gasteiger partial charge on any atom is 0.339 e. The van der Waals surface area contributed by atoms with Crippen molar-refractivity contribution in [1.29, 1.82) is 0 Å². The summed E-state index contributed by atoms with van der Waals surface area (Å²) in [4.78, 5) is 22.2. The molecule has 2 rings (SSSR count). The van der Waals surface area contributed by atoms with Gasteiger partial charge >= 0.3 is 11.9 Å². The molecular formula is C18H18O6. The van der Waals surface area contributed by atoms with Gasteiger partial charge in [-0.05, 0) is 31.2 Å². The molecule has 0 aliphatic heterocycles. The van der Waals surface area contributed by atoms with Gasteiger partial charge < -0.3 is 19.7 Å². The van der Waals surface area contributed by atoms with E-state index in [2.05, 4.69) is 0 Å². The number of para-hydroxylation sites is 2. The molecule has 0 spiro atoms. The van der Waals surface area contributed by atoms with E-state index in [0.29, 0.717) is 17.9 Å². The third-order valence-corrected chi connectivity index (χ3v) is 3.35. The van der Waals surface area contributed by atoms with Crippen molar-refractivity contribution in [1.82, 2.24) is 0 Å². The van der Waals surface area contributed by atoms with E-state index in [4.69, 9.17) is 19.7 Å². The molecule has 0 fully saturated rings. The number of carboxylic acids is 2. The zero-order valence-electron chi connectivity index (χ0n) is 13.1. The quantitative estimate of drug-likeness (QED) is 0.771. The molecule has 24 heavy (non-hydrogen) atoms. The molecule has 126 valence electrons. The smallest absolute Gasteiger partial charge is 0.339 e. The van der Waals surface area contributed by atoms with Crippen molar-refractivity contribution in [2.75, 3.05) is 6.61 Å². The first-order valence-electron chi connectivity index (χ1n) is 7.43. The molecule has 0 saturated heterocycles. The molecule has 2 N–H and O–H groups in total. The van der Waals surface area contributed by atoms with Crippen molar-refractivity contribution in [2.24, 2.45) is 0 Å². The number of ether oxygens (including phenoxy) is 2.